The Kier molecular flexibility index (Phi) is 14.5. The maximum atomic E-state index is 15.2. The first kappa shape index (κ1) is 34.7. The zero-order valence-corrected chi connectivity index (χ0v) is 25.5. The van der Waals surface area contributed by atoms with E-state index in [-0.39, 0.29) is 29.1 Å². The third-order valence-corrected chi connectivity index (χ3v) is 7.39. The number of allylic oxidation sites excluding steroid dienone is 8. The highest BCUT2D eigenvalue weighted by Gasteiger charge is 2.37. The van der Waals surface area contributed by atoms with Crippen LogP contribution in [0.1, 0.15) is 85.8 Å². The van der Waals surface area contributed by atoms with Gasteiger partial charge in [0.25, 0.3) is 6.43 Å². The highest BCUT2D eigenvalue weighted by atomic mass is 19.3. The molecule has 1 aliphatic carbocycles. The fraction of sp³-hybridized carbons (Fsp3) is 0.441. The standard InChI is InChI=1S/C25H37FN2O.C9H10F2/c1-9-12-24(23(26)13-16(4)10-2)28(15-17(5)11-3)25(29)19(7)21-14-22(18(21)6)20(8)27;1-2-7-3-5-8(6-4-7)9(10)11/h10-13,19,21H,8-9,14-15,27H2,1-7H3;3-6,9H,2H2,1H3/b16-10-,17-11?,23-13+,24-12-;. The second-order valence-electron chi connectivity index (χ2n) is 10.3. The molecule has 6 heteroatoms. The Labute approximate surface area is 239 Å². The molecule has 1 aliphatic rings. The van der Waals surface area contributed by atoms with Gasteiger partial charge in [0, 0.05) is 23.7 Å². The molecule has 2 atom stereocenters. The van der Waals surface area contributed by atoms with Crippen molar-refractivity contribution in [2.75, 3.05) is 6.54 Å². The van der Waals surface area contributed by atoms with Gasteiger partial charge in [-0.25, -0.2) is 13.2 Å². The smallest absolute Gasteiger partial charge is 0.263 e. The molecule has 0 fully saturated rings. The van der Waals surface area contributed by atoms with Gasteiger partial charge in [-0.2, -0.15) is 0 Å². The van der Waals surface area contributed by atoms with Crippen LogP contribution in [0, 0.1) is 11.8 Å². The first-order chi connectivity index (χ1) is 18.8. The van der Waals surface area contributed by atoms with Gasteiger partial charge in [0.2, 0.25) is 5.91 Å². The van der Waals surface area contributed by atoms with Gasteiger partial charge in [0.1, 0.15) is 5.83 Å². The number of aryl methyl sites for hydroxylation is 1. The summed E-state index contributed by atoms with van der Waals surface area (Å²) in [6.45, 7) is 19.6. The average Bonchev–Trinajstić information content (AvgIpc) is 2.93. The molecule has 0 spiro atoms. The Balaban J connectivity index is 0.000000603. The summed E-state index contributed by atoms with van der Waals surface area (Å²) in [6, 6.07) is 6.43. The number of amides is 1. The number of carbonyl (C=O) groups excluding carboxylic acids is 1. The van der Waals surface area contributed by atoms with Crippen molar-refractivity contribution in [1.82, 2.24) is 4.90 Å². The van der Waals surface area contributed by atoms with Gasteiger partial charge >= 0.3 is 0 Å². The Hall–Kier alpha value is -3.28. The SMILES string of the molecule is C=C(N)C1=C(C)C(C(C)C(=O)N(CC(C)=CC)C(=C\CC)/C(F)=C\C(C)=C/C)C1.CCc1ccc(C(F)F)cc1. The van der Waals surface area contributed by atoms with Crippen molar-refractivity contribution >= 4 is 5.91 Å². The molecule has 1 aromatic rings. The monoisotopic (exact) mass is 556 g/mol. The fourth-order valence-electron chi connectivity index (χ4n) is 4.39. The van der Waals surface area contributed by atoms with Crippen molar-refractivity contribution in [3.63, 3.8) is 0 Å². The second-order valence-corrected chi connectivity index (χ2v) is 10.3. The Morgan fingerprint density at radius 2 is 1.75 bits per heavy atom. The number of hydrogen-bond acceptors (Lipinski definition) is 2. The van der Waals surface area contributed by atoms with E-state index in [0.29, 0.717) is 24.4 Å². The largest absolute Gasteiger partial charge is 0.399 e. The summed E-state index contributed by atoms with van der Waals surface area (Å²) in [4.78, 5) is 15.1. The second kappa shape index (κ2) is 16.7. The third kappa shape index (κ3) is 9.72. The molecule has 0 aromatic heterocycles. The summed E-state index contributed by atoms with van der Waals surface area (Å²) in [5.41, 5.74) is 11.9. The predicted molar refractivity (Wildman–Crippen MR) is 162 cm³/mol. The molecule has 2 unspecified atom stereocenters. The fourth-order valence-corrected chi connectivity index (χ4v) is 4.39. The van der Waals surface area contributed by atoms with Crippen LogP contribution in [0.3, 0.4) is 0 Å². The lowest BCUT2D eigenvalue weighted by Gasteiger charge is -2.38. The van der Waals surface area contributed by atoms with Gasteiger partial charge in [-0.1, -0.05) is 86.6 Å². The predicted octanol–water partition coefficient (Wildman–Crippen LogP) is 9.53. The summed E-state index contributed by atoms with van der Waals surface area (Å²) >= 11 is 0. The van der Waals surface area contributed by atoms with Crippen molar-refractivity contribution in [2.24, 2.45) is 17.6 Å². The maximum absolute atomic E-state index is 15.2. The van der Waals surface area contributed by atoms with Crippen LogP contribution in [0.25, 0.3) is 0 Å². The van der Waals surface area contributed by atoms with Crippen LogP contribution in [0.5, 0.6) is 0 Å². The average molecular weight is 557 g/mol. The van der Waals surface area contributed by atoms with Crippen LogP contribution in [-0.2, 0) is 11.2 Å². The maximum Gasteiger partial charge on any atom is 0.263 e. The molecule has 0 radical (unpaired) electrons. The van der Waals surface area contributed by atoms with Crippen LogP contribution in [-0.4, -0.2) is 17.4 Å². The van der Waals surface area contributed by atoms with Gasteiger partial charge in [-0.15, -0.1) is 0 Å². The molecule has 0 saturated carbocycles. The zero-order valence-electron chi connectivity index (χ0n) is 25.5. The van der Waals surface area contributed by atoms with Crippen molar-refractivity contribution < 1.29 is 18.0 Å². The van der Waals surface area contributed by atoms with Crippen LogP contribution in [0.15, 0.2) is 94.7 Å². The van der Waals surface area contributed by atoms with Gasteiger partial charge in [-0.05, 0) is 77.0 Å². The van der Waals surface area contributed by atoms with Gasteiger partial charge in [0.05, 0.1) is 5.70 Å². The minimum absolute atomic E-state index is 0.0707. The summed E-state index contributed by atoms with van der Waals surface area (Å²) in [5, 5.41) is 0. The number of benzene rings is 1. The van der Waals surface area contributed by atoms with E-state index in [1.807, 2.05) is 67.5 Å². The van der Waals surface area contributed by atoms with Crippen molar-refractivity contribution in [3.05, 3.63) is 106 Å². The number of rotatable bonds is 11. The van der Waals surface area contributed by atoms with Gasteiger partial charge in [-0.3, -0.25) is 4.79 Å². The third-order valence-electron chi connectivity index (χ3n) is 7.39. The number of nitrogens with zero attached hydrogens (tertiary/aromatic N) is 1. The van der Waals surface area contributed by atoms with Crippen molar-refractivity contribution in [3.8, 4) is 0 Å². The number of alkyl halides is 2. The summed E-state index contributed by atoms with van der Waals surface area (Å²) in [5.74, 6) is -0.612. The number of halogens is 3. The molecule has 0 heterocycles. The molecular weight excluding hydrogens is 509 g/mol. The molecule has 0 saturated heterocycles. The number of nitrogens with two attached hydrogens (primary N) is 1. The van der Waals surface area contributed by atoms with E-state index in [4.69, 9.17) is 5.73 Å². The van der Waals surface area contributed by atoms with E-state index < -0.39 is 6.43 Å². The minimum Gasteiger partial charge on any atom is -0.399 e. The molecule has 0 aliphatic heterocycles. The van der Waals surface area contributed by atoms with Crippen LogP contribution in [0.4, 0.5) is 13.2 Å². The first-order valence-electron chi connectivity index (χ1n) is 14.0. The molecule has 2 rings (SSSR count). The zero-order chi connectivity index (χ0) is 30.6. The molecular formula is C34H47F3N2O. The molecule has 1 amide bonds. The first-order valence-corrected chi connectivity index (χ1v) is 14.0. The molecule has 220 valence electrons. The normalized spacial score (nSPS) is 17.2. The van der Waals surface area contributed by atoms with Crippen LogP contribution >= 0.6 is 0 Å². The summed E-state index contributed by atoms with van der Waals surface area (Å²) in [6.07, 6.45) is 7.01. The Morgan fingerprint density at radius 1 is 1.15 bits per heavy atom. The Bertz CT molecular complexity index is 1170. The van der Waals surface area contributed by atoms with Crippen molar-refractivity contribution in [1.29, 1.82) is 0 Å². The molecule has 1 aromatic carbocycles. The van der Waals surface area contributed by atoms with E-state index in [0.717, 1.165) is 40.7 Å². The minimum atomic E-state index is -2.35. The summed E-state index contributed by atoms with van der Waals surface area (Å²) < 4.78 is 39.2. The van der Waals surface area contributed by atoms with E-state index in [2.05, 4.69) is 6.58 Å². The summed E-state index contributed by atoms with van der Waals surface area (Å²) in [7, 11) is 0. The van der Waals surface area contributed by atoms with E-state index in [1.165, 1.54) is 18.2 Å². The number of hydrogen-bond donors (Lipinski definition) is 1. The van der Waals surface area contributed by atoms with Crippen molar-refractivity contribution in [2.45, 2.75) is 81.1 Å². The molecule has 2 N–H and O–H groups in total. The lowest BCUT2D eigenvalue weighted by atomic mass is 9.70. The highest BCUT2D eigenvalue weighted by Crippen LogP contribution is 2.42. The van der Waals surface area contributed by atoms with E-state index in [1.54, 1.807) is 23.1 Å². The quantitative estimate of drug-likeness (QED) is 0.218. The van der Waals surface area contributed by atoms with Crippen LogP contribution < -0.4 is 5.73 Å². The lowest BCUT2D eigenvalue weighted by Crippen LogP contribution is -2.41. The number of carbonyl (C=O) groups is 1. The Morgan fingerprint density at radius 3 is 2.17 bits per heavy atom. The molecule has 40 heavy (non-hydrogen) atoms. The van der Waals surface area contributed by atoms with Crippen LogP contribution in [0.2, 0.25) is 0 Å². The molecule has 0 bridgehead atoms. The van der Waals surface area contributed by atoms with Gasteiger partial charge < -0.3 is 10.6 Å². The van der Waals surface area contributed by atoms with Gasteiger partial charge in [0.15, 0.2) is 0 Å². The van der Waals surface area contributed by atoms with E-state index in [9.17, 15) is 13.6 Å². The molecule has 3 nitrogen and oxygen atoms in total. The topological polar surface area (TPSA) is 46.3 Å². The lowest BCUT2D eigenvalue weighted by molar-refractivity contribution is -0.134. The highest BCUT2D eigenvalue weighted by molar-refractivity contribution is 5.82. The van der Waals surface area contributed by atoms with E-state index >= 15 is 4.39 Å².